The van der Waals surface area contributed by atoms with E-state index in [2.05, 4.69) is 4.74 Å². The summed E-state index contributed by atoms with van der Waals surface area (Å²) in [5.41, 5.74) is 5.41. The number of ether oxygens (including phenoxy) is 1. The van der Waals surface area contributed by atoms with Crippen molar-refractivity contribution >= 4 is 12.4 Å². The van der Waals surface area contributed by atoms with Crippen LogP contribution in [0.5, 0.6) is 0 Å². The van der Waals surface area contributed by atoms with Crippen LogP contribution in [-0.4, -0.2) is 19.0 Å². The zero-order chi connectivity index (χ0) is 5.98. The predicted octanol–water partition coefficient (Wildman–Crippen LogP) is 0.842. The quantitative estimate of drug-likeness (QED) is 0.563. The summed E-state index contributed by atoms with van der Waals surface area (Å²) in [4.78, 5) is 0. The van der Waals surface area contributed by atoms with Crippen molar-refractivity contribution in [1.29, 1.82) is 0 Å². The molecule has 9 heavy (non-hydrogen) atoms. The van der Waals surface area contributed by atoms with Crippen molar-refractivity contribution in [3.8, 4) is 0 Å². The van der Waals surface area contributed by atoms with Crippen LogP contribution in [0.15, 0.2) is 0 Å². The number of alkyl halides is 1. The second-order valence-electron chi connectivity index (χ2n) is 2.07. The van der Waals surface area contributed by atoms with Crippen molar-refractivity contribution in [1.82, 2.24) is 0 Å². The molecule has 1 aliphatic heterocycles. The number of nitrogens with two attached hydrogens (primary N) is 1. The van der Waals surface area contributed by atoms with E-state index in [4.69, 9.17) is 5.73 Å². The van der Waals surface area contributed by atoms with E-state index >= 15 is 0 Å². The summed E-state index contributed by atoms with van der Waals surface area (Å²) < 4.78 is 16.7. The van der Waals surface area contributed by atoms with Crippen LogP contribution in [0.4, 0.5) is 4.39 Å². The van der Waals surface area contributed by atoms with Crippen LogP contribution < -0.4 is 5.73 Å². The van der Waals surface area contributed by atoms with Crippen LogP contribution in [0.2, 0.25) is 0 Å². The first-order chi connectivity index (χ1) is 3.79. The molecule has 2 atom stereocenters. The Kier molecular flexibility index (Phi) is 4.10. The molecule has 2 nitrogen and oxygen atoms in total. The van der Waals surface area contributed by atoms with Gasteiger partial charge in [-0.1, -0.05) is 0 Å². The van der Waals surface area contributed by atoms with Gasteiger partial charge in [-0.15, -0.1) is 12.4 Å². The van der Waals surface area contributed by atoms with Crippen molar-refractivity contribution < 1.29 is 9.13 Å². The first-order valence-corrected chi connectivity index (χ1v) is 2.80. The average molecular weight is 156 g/mol. The van der Waals surface area contributed by atoms with E-state index in [1.807, 2.05) is 0 Å². The third-order valence-electron chi connectivity index (χ3n) is 1.28. The second kappa shape index (κ2) is 4.04. The van der Waals surface area contributed by atoms with Gasteiger partial charge in [0.15, 0.2) is 6.36 Å². The third-order valence-corrected chi connectivity index (χ3v) is 1.28. The van der Waals surface area contributed by atoms with Crippen LogP contribution in [0.3, 0.4) is 0 Å². The monoisotopic (exact) mass is 155 g/mol. The van der Waals surface area contributed by atoms with Gasteiger partial charge in [-0.05, 0) is 6.42 Å². The molecule has 0 aromatic carbocycles. The standard InChI is InChI=1S/C5H10FNO.ClH/c6-5-3-4(7)1-2-8-5;/h4-5H,1-3,7H2;1H/t4-,5?;/m0./s1. The van der Waals surface area contributed by atoms with Gasteiger partial charge in [-0.25, -0.2) is 4.39 Å². The number of halogens is 2. The summed E-state index contributed by atoms with van der Waals surface area (Å²) >= 11 is 0. The van der Waals surface area contributed by atoms with Crippen LogP contribution in [0, 0.1) is 0 Å². The molecule has 2 N–H and O–H groups in total. The lowest BCUT2D eigenvalue weighted by Crippen LogP contribution is -2.32. The molecule has 1 heterocycles. The Morgan fingerprint density at radius 1 is 1.56 bits per heavy atom. The van der Waals surface area contributed by atoms with Crippen LogP contribution >= 0.6 is 12.4 Å². The molecule has 0 aromatic rings. The Labute approximate surface area is 60.0 Å². The van der Waals surface area contributed by atoms with E-state index in [0.29, 0.717) is 13.0 Å². The minimum atomic E-state index is -1.11. The highest BCUT2D eigenvalue weighted by Crippen LogP contribution is 2.11. The molecule has 0 radical (unpaired) electrons. The van der Waals surface area contributed by atoms with Gasteiger partial charge in [0.05, 0.1) is 6.61 Å². The molecule has 1 unspecified atom stereocenters. The molecule has 1 fully saturated rings. The summed E-state index contributed by atoms with van der Waals surface area (Å²) in [6.07, 6.45) is 0.0409. The van der Waals surface area contributed by atoms with Crippen molar-refractivity contribution in [3.05, 3.63) is 0 Å². The molecule has 0 spiro atoms. The lowest BCUT2D eigenvalue weighted by atomic mass is 10.1. The predicted molar refractivity (Wildman–Crippen MR) is 35.3 cm³/mol. The van der Waals surface area contributed by atoms with Crippen LogP contribution in [0.1, 0.15) is 12.8 Å². The van der Waals surface area contributed by atoms with Gasteiger partial charge in [0.2, 0.25) is 0 Å². The summed E-state index contributed by atoms with van der Waals surface area (Å²) in [7, 11) is 0. The fraction of sp³-hybridized carbons (Fsp3) is 1.00. The van der Waals surface area contributed by atoms with Gasteiger partial charge >= 0.3 is 0 Å². The fourth-order valence-electron chi connectivity index (χ4n) is 0.771. The summed E-state index contributed by atoms with van der Waals surface area (Å²) in [5, 5.41) is 0. The maximum Gasteiger partial charge on any atom is 0.200 e. The molecule has 1 saturated heterocycles. The van der Waals surface area contributed by atoms with Gasteiger partial charge in [0.25, 0.3) is 0 Å². The average Bonchev–Trinajstić information content (AvgIpc) is 1.64. The Bertz CT molecular complexity index is 75.4. The fourth-order valence-corrected chi connectivity index (χ4v) is 0.771. The molecule has 0 aliphatic carbocycles. The molecular weight excluding hydrogens is 145 g/mol. The lowest BCUT2D eigenvalue weighted by molar-refractivity contribution is -0.0736. The Morgan fingerprint density at radius 3 is 2.56 bits per heavy atom. The van der Waals surface area contributed by atoms with Gasteiger partial charge in [0.1, 0.15) is 0 Å². The highest BCUT2D eigenvalue weighted by molar-refractivity contribution is 5.85. The Hall–Kier alpha value is 0.140. The summed E-state index contributed by atoms with van der Waals surface area (Å²) in [5.74, 6) is 0. The number of hydrogen-bond acceptors (Lipinski definition) is 2. The van der Waals surface area contributed by atoms with Crippen molar-refractivity contribution in [3.63, 3.8) is 0 Å². The van der Waals surface area contributed by atoms with Crippen LogP contribution in [0.25, 0.3) is 0 Å². The van der Waals surface area contributed by atoms with Gasteiger partial charge < -0.3 is 10.5 Å². The van der Waals surface area contributed by atoms with E-state index in [-0.39, 0.29) is 18.4 Å². The van der Waals surface area contributed by atoms with E-state index in [0.717, 1.165) is 6.42 Å². The molecule has 4 heteroatoms. The Balaban J connectivity index is 0.000000640. The minimum absolute atomic E-state index is 0. The number of rotatable bonds is 0. The third kappa shape index (κ3) is 2.98. The largest absolute Gasteiger partial charge is 0.348 e. The van der Waals surface area contributed by atoms with E-state index in [1.54, 1.807) is 0 Å². The zero-order valence-electron chi connectivity index (χ0n) is 5.05. The van der Waals surface area contributed by atoms with Crippen molar-refractivity contribution in [2.75, 3.05) is 6.61 Å². The maximum absolute atomic E-state index is 12.1. The van der Waals surface area contributed by atoms with Crippen molar-refractivity contribution in [2.24, 2.45) is 5.73 Å². The molecule has 0 saturated carbocycles. The van der Waals surface area contributed by atoms with Gasteiger partial charge in [-0.2, -0.15) is 0 Å². The lowest BCUT2D eigenvalue weighted by Gasteiger charge is -2.20. The first-order valence-electron chi connectivity index (χ1n) is 2.80. The van der Waals surface area contributed by atoms with Crippen LogP contribution in [-0.2, 0) is 4.74 Å². The zero-order valence-corrected chi connectivity index (χ0v) is 5.86. The SMILES string of the molecule is Cl.N[C@H]1CCOC(F)C1. The highest BCUT2D eigenvalue weighted by Gasteiger charge is 2.17. The highest BCUT2D eigenvalue weighted by atomic mass is 35.5. The topological polar surface area (TPSA) is 35.2 Å². The Morgan fingerprint density at radius 2 is 2.22 bits per heavy atom. The van der Waals surface area contributed by atoms with Crippen molar-refractivity contribution in [2.45, 2.75) is 25.2 Å². The first kappa shape index (κ1) is 9.14. The molecule has 0 amide bonds. The molecule has 1 rings (SSSR count). The maximum atomic E-state index is 12.1. The number of hydrogen-bond donors (Lipinski definition) is 1. The minimum Gasteiger partial charge on any atom is -0.348 e. The van der Waals surface area contributed by atoms with E-state index in [9.17, 15) is 4.39 Å². The van der Waals surface area contributed by atoms with E-state index < -0.39 is 6.36 Å². The summed E-state index contributed by atoms with van der Waals surface area (Å²) in [6.45, 7) is 0.475. The molecular formula is C5H11ClFNO. The second-order valence-corrected chi connectivity index (χ2v) is 2.07. The normalized spacial score (nSPS) is 35.3. The molecule has 1 aliphatic rings. The smallest absolute Gasteiger partial charge is 0.200 e. The molecule has 0 bridgehead atoms. The van der Waals surface area contributed by atoms with Gasteiger partial charge in [-0.3, -0.25) is 0 Å². The van der Waals surface area contributed by atoms with Gasteiger partial charge in [0, 0.05) is 12.5 Å². The molecule has 0 aromatic heterocycles. The van der Waals surface area contributed by atoms with E-state index in [1.165, 1.54) is 0 Å². The summed E-state index contributed by atoms with van der Waals surface area (Å²) in [6, 6.07) is 0.0127. The molecule has 56 valence electrons.